The Morgan fingerprint density at radius 1 is 1.32 bits per heavy atom. The van der Waals surface area contributed by atoms with Gasteiger partial charge in [-0.15, -0.1) is 0 Å². The first-order valence-electron chi connectivity index (χ1n) is 6.03. The summed E-state index contributed by atoms with van der Waals surface area (Å²) in [5.74, 6) is -0.727. The molecule has 1 N–H and O–H groups in total. The van der Waals surface area contributed by atoms with E-state index in [1.54, 1.807) is 45.2 Å². The summed E-state index contributed by atoms with van der Waals surface area (Å²) in [5, 5.41) is 0.736. The van der Waals surface area contributed by atoms with Crippen molar-refractivity contribution >= 4 is 22.9 Å². The van der Waals surface area contributed by atoms with E-state index in [1.807, 2.05) is 0 Å². The molecule has 1 heterocycles. The molecule has 0 aliphatic rings. The molecule has 0 aliphatic heterocycles. The molecule has 0 amide bonds. The molecular formula is C15H16FNO2. The number of aromatic amines is 1. The van der Waals surface area contributed by atoms with Gasteiger partial charge in [0.05, 0.1) is 5.52 Å². The predicted octanol–water partition coefficient (Wildman–Crippen LogP) is 3.66. The van der Waals surface area contributed by atoms with Crippen molar-refractivity contribution in [2.45, 2.75) is 26.4 Å². The van der Waals surface area contributed by atoms with Crippen LogP contribution in [0.2, 0.25) is 0 Å². The highest BCUT2D eigenvalue weighted by atomic mass is 19.1. The Labute approximate surface area is 111 Å². The molecule has 0 saturated carbocycles. The zero-order chi connectivity index (χ0) is 14.0. The Kier molecular flexibility index (Phi) is 3.42. The fraction of sp³-hybridized carbons (Fsp3) is 0.267. The van der Waals surface area contributed by atoms with Gasteiger partial charge in [-0.2, -0.15) is 0 Å². The summed E-state index contributed by atoms with van der Waals surface area (Å²) in [6.45, 7) is 5.42. The Hall–Kier alpha value is -2.10. The lowest BCUT2D eigenvalue weighted by atomic mass is 10.1. The average molecular weight is 261 g/mol. The van der Waals surface area contributed by atoms with Gasteiger partial charge in [0.25, 0.3) is 0 Å². The van der Waals surface area contributed by atoms with E-state index in [0.29, 0.717) is 5.52 Å². The highest BCUT2D eigenvalue weighted by Crippen LogP contribution is 2.21. The lowest BCUT2D eigenvalue weighted by Gasteiger charge is -2.17. The number of hydrogen-bond donors (Lipinski definition) is 1. The molecular weight excluding hydrogens is 245 g/mol. The van der Waals surface area contributed by atoms with Crippen LogP contribution in [0.3, 0.4) is 0 Å². The minimum atomic E-state index is -0.520. The lowest BCUT2D eigenvalue weighted by Crippen LogP contribution is -2.22. The highest BCUT2D eigenvalue weighted by Gasteiger charge is 2.14. The van der Waals surface area contributed by atoms with Crippen molar-refractivity contribution < 1.29 is 13.9 Å². The average Bonchev–Trinajstić information content (AvgIpc) is 2.75. The van der Waals surface area contributed by atoms with E-state index in [0.717, 1.165) is 10.9 Å². The third-order valence-electron chi connectivity index (χ3n) is 2.51. The second-order valence-electron chi connectivity index (χ2n) is 5.27. The molecule has 3 nitrogen and oxygen atoms in total. The molecule has 2 aromatic rings. The number of aromatic nitrogens is 1. The number of nitrogens with one attached hydrogen (secondary N) is 1. The SMILES string of the molecule is CC(C)(C)OC(=O)/C=C/c1ccc(F)c2[nH]ccc12. The van der Waals surface area contributed by atoms with Crippen LogP contribution in [-0.2, 0) is 9.53 Å². The van der Waals surface area contributed by atoms with Crippen LogP contribution in [0.25, 0.3) is 17.0 Å². The third kappa shape index (κ3) is 3.22. The number of ether oxygens (including phenoxy) is 1. The number of carbonyl (C=O) groups excluding carboxylic acids is 1. The molecule has 0 atom stereocenters. The normalized spacial score (nSPS) is 12.2. The summed E-state index contributed by atoms with van der Waals surface area (Å²) >= 11 is 0. The summed E-state index contributed by atoms with van der Waals surface area (Å²) in [5.41, 5.74) is 0.683. The molecule has 0 unspecified atom stereocenters. The van der Waals surface area contributed by atoms with Crippen LogP contribution >= 0.6 is 0 Å². The van der Waals surface area contributed by atoms with Gasteiger partial charge in [0, 0.05) is 17.7 Å². The molecule has 0 saturated heterocycles. The smallest absolute Gasteiger partial charge is 0.331 e. The fourth-order valence-electron chi connectivity index (χ4n) is 1.78. The van der Waals surface area contributed by atoms with Gasteiger partial charge in [-0.3, -0.25) is 0 Å². The monoisotopic (exact) mass is 261 g/mol. The number of fused-ring (bicyclic) bond motifs is 1. The number of carbonyl (C=O) groups is 1. The minimum absolute atomic E-state index is 0.311. The number of benzene rings is 1. The first kappa shape index (κ1) is 13.3. The lowest BCUT2D eigenvalue weighted by molar-refractivity contribution is -0.148. The predicted molar refractivity (Wildman–Crippen MR) is 73.1 cm³/mol. The first-order chi connectivity index (χ1) is 8.87. The van der Waals surface area contributed by atoms with Crippen molar-refractivity contribution in [3.63, 3.8) is 0 Å². The maximum Gasteiger partial charge on any atom is 0.331 e. The Balaban J connectivity index is 2.24. The summed E-state index contributed by atoms with van der Waals surface area (Å²) < 4.78 is 18.6. The molecule has 0 fully saturated rings. The summed E-state index contributed by atoms with van der Waals surface area (Å²) in [6.07, 6.45) is 4.65. The first-order valence-corrected chi connectivity index (χ1v) is 6.03. The van der Waals surface area contributed by atoms with Gasteiger partial charge in [-0.1, -0.05) is 6.07 Å². The van der Waals surface area contributed by atoms with Crippen molar-refractivity contribution in [3.8, 4) is 0 Å². The number of esters is 1. The molecule has 2 rings (SSSR count). The second kappa shape index (κ2) is 4.88. The number of hydrogen-bond acceptors (Lipinski definition) is 2. The minimum Gasteiger partial charge on any atom is -0.457 e. The molecule has 0 spiro atoms. The topological polar surface area (TPSA) is 42.1 Å². The zero-order valence-electron chi connectivity index (χ0n) is 11.2. The summed E-state index contributed by atoms with van der Waals surface area (Å²) in [6, 6.07) is 4.77. The highest BCUT2D eigenvalue weighted by molar-refractivity contribution is 5.94. The van der Waals surface area contributed by atoms with E-state index >= 15 is 0 Å². The zero-order valence-corrected chi connectivity index (χ0v) is 11.2. The maximum atomic E-state index is 13.5. The number of rotatable bonds is 2. The van der Waals surface area contributed by atoms with Gasteiger partial charge in [0.1, 0.15) is 11.4 Å². The van der Waals surface area contributed by atoms with E-state index in [2.05, 4.69) is 4.98 Å². The van der Waals surface area contributed by atoms with Crippen LogP contribution in [-0.4, -0.2) is 16.6 Å². The van der Waals surface area contributed by atoms with Crippen LogP contribution in [0.4, 0.5) is 4.39 Å². The molecule has 0 bridgehead atoms. The number of halogens is 1. The van der Waals surface area contributed by atoms with Gasteiger partial charge in [0.15, 0.2) is 0 Å². The van der Waals surface area contributed by atoms with Crippen LogP contribution in [0.1, 0.15) is 26.3 Å². The van der Waals surface area contributed by atoms with E-state index in [4.69, 9.17) is 4.74 Å². The molecule has 0 radical (unpaired) electrons. The van der Waals surface area contributed by atoms with Crippen LogP contribution < -0.4 is 0 Å². The van der Waals surface area contributed by atoms with Crippen molar-refractivity contribution in [1.29, 1.82) is 0 Å². The van der Waals surface area contributed by atoms with E-state index < -0.39 is 11.6 Å². The van der Waals surface area contributed by atoms with Crippen LogP contribution in [0.5, 0.6) is 0 Å². The van der Waals surface area contributed by atoms with Gasteiger partial charge in [0.2, 0.25) is 0 Å². The third-order valence-corrected chi connectivity index (χ3v) is 2.51. The molecule has 1 aromatic carbocycles. The van der Waals surface area contributed by atoms with E-state index in [9.17, 15) is 9.18 Å². The fourth-order valence-corrected chi connectivity index (χ4v) is 1.78. The Morgan fingerprint density at radius 3 is 2.74 bits per heavy atom. The van der Waals surface area contributed by atoms with Crippen molar-refractivity contribution in [1.82, 2.24) is 4.98 Å². The molecule has 0 aliphatic carbocycles. The quantitative estimate of drug-likeness (QED) is 0.662. The molecule has 100 valence electrons. The summed E-state index contributed by atoms with van der Waals surface area (Å²) in [4.78, 5) is 14.4. The molecule has 1 aromatic heterocycles. The standard InChI is InChI=1S/C15H16FNO2/c1-15(2,3)19-13(18)7-5-10-4-6-12(16)14-11(10)8-9-17-14/h4-9,17H,1-3H3/b7-5+. The second-order valence-corrected chi connectivity index (χ2v) is 5.27. The maximum absolute atomic E-state index is 13.5. The number of H-pyrrole nitrogens is 1. The molecule has 19 heavy (non-hydrogen) atoms. The molecule has 4 heteroatoms. The van der Waals surface area contributed by atoms with Gasteiger partial charge >= 0.3 is 5.97 Å². The van der Waals surface area contributed by atoms with E-state index in [-0.39, 0.29) is 5.82 Å². The van der Waals surface area contributed by atoms with E-state index in [1.165, 1.54) is 12.1 Å². The van der Waals surface area contributed by atoms with Crippen molar-refractivity contribution in [2.75, 3.05) is 0 Å². The summed E-state index contributed by atoms with van der Waals surface area (Å²) in [7, 11) is 0. The van der Waals surface area contributed by atoms with Gasteiger partial charge in [-0.05, 0) is 44.5 Å². The Bertz CT molecular complexity index is 635. The van der Waals surface area contributed by atoms with Crippen molar-refractivity contribution in [2.24, 2.45) is 0 Å². The largest absolute Gasteiger partial charge is 0.457 e. The van der Waals surface area contributed by atoms with Gasteiger partial charge < -0.3 is 9.72 Å². The van der Waals surface area contributed by atoms with Crippen molar-refractivity contribution in [3.05, 3.63) is 41.9 Å². The van der Waals surface area contributed by atoms with Crippen LogP contribution in [0, 0.1) is 5.82 Å². The Morgan fingerprint density at radius 2 is 2.05 bits per heavy atom. The van der Waals surface area contributed by atoms with Gasteiger partial charge in [-0.25, -0.2) is 9.18 Å². The van der Waals surface area contributed by atoms with Crippen LogP contribution in [0.15, 0.2) is 30.5 Å².